The lowest BCUT2D eigenvalue weighted by molar-refractivity contribution is 0.0850. The lowest BCUT2D eigenvalue weighted by Gasteiger charge is -2.25. The van der Waals surface area contributed by atoms with Crippen LogP contribution in [0.4, 0.5) is 0 Å². The van der Waals surface area contributed by atoms with Gasteiger partial charge < -0.3 is 4.74 Å². The summed E-state index contributed by atoms with van der Waals surface area (Å²) in [4.78, 5) is 12.2. The molecule has 0 fully saturated rings. The first-order chi connectivity index (χ1) is 9.13. The van der Waals surface area contributed by atoms with Crippen LogP contribution in [0.2, 0.25) is 5.02 Å². The van der Waals surface area contributed by atoms with Gasteiger partial charge in [-0.15, -0.1) is 0 Å². The van der Waals surface area contributed by atoms with E-state index in [1.165, 1.54) is 0 Å². The van der Waals surface area contributed by atoms with Gasteiger partial charge in [0, 0.05) is 9.50 Å². The molecule has 0 radical (unpaired) electrons. The Morgan fingerprint density at radius 3 is 2.84 bits per heavy atom. The van der Waals surface area contributed by atoms with E-state index in [4.69, 9.17) is 16.3 Å². The van der Waals surface area contributed by atoms with Crippen molar-refractivity contribution in [2.45, 2.75) is 12.5 Å². The summed E-state index contributed by atoms with van der Waals surface area (Å²) in [5.41, 5.74) is 1.56. The second-order valence-corrected chi connectivity index (χ2v) is 5.78. The Morgan fingerprint density at radius 2 is 2.05 bits per heavy atom. The zero-order valence-corrected chi connectivity index (χ0v) is 12.2. The fraction of sp³-hybridized carbons (Fsp3) is 0.133. The second-order valence-electron chi connectivity index (χ2n) is 4.43. The summed E-state index contributed by atoms with van der Waals surface area (Å²) in [5.74, 6) is 0.719. The highest BCUT2D eigenvalue weighted by molar-refractivity contribution is 9.10. The number of ketones is 1. The van der Waals surface area contributed by atoms with E-state index in [1.807, 2.05) is 30.3 Å². The molecule has 0 aromatic heterocycles. The minimum Gasteiger partial charge on any atom is -0.484 e. The number of hydrogen-bond acceptors (Lipinski definition) is 2. The van der Waals surface area contributed by atoms with Gasteiger partial charge in [0.1, 0.15) is 11.9 Å². The summed E-state index contributed by atoms with van der Waals surface area (Å²) >= 11 is 9.34. The number of ether oxygens (including phenoxy) is 1. The molecule has 0 amide bonds. The molecule has 1 unspecified atom stereocenters. The summed E-state index contributed by atoms with van der Waals surface area (Å²) < 4.78 is 6.78. The molecule has 3 rings (SSSR count). The largest absolute Gasteiger partial charge is 0.484 e. The van der Waals surface area contributed by atoms with E-state index in [0.717, 1.165) is 10.0 Å². The average Bonchev–Trinajstić information content (AvgIpc) is 2.39. The van der Waals surface area contributed by atoms with Gasteiger partial charge in [-0.05, 0) is 35.9 Å². The van der Waals surface area contributed by atoms with Gasteiger partial charge in [-0.1, -0.05) is 39.7 Å². The molecule has 0 aliphatic carbocycles. The molecular formula is C15H10BrClO2. The zero-order valence-electron chi connectivity index (χ0n) is 9.90. The number of carbonyl (C=O) groups is 1. The molecule has 19 heavy (non-hydrogen) atoms. The predicted molar refractivity (Wildman–Crippen MR) is 77.9 cm³/mol. The van der Waals surface area contributed by atoms with Crippen molar-refractivity contribution in [3.63, 3.8) is 0 Å². The minimum atomic E-state index is -0.264. The molecule has 1 aliphatic rings. The van der Waals surface area contributed by atoms with Crippen LogP contribution in [0.25, 0.3) is 0 Å². The van der Waals surface area contributed by atoms with Crippen LogP contribution in [0.1, 0.15) is 28.4 Å². The predicted octanol–water partition coefficient (Wildman–Crippen LogP) is 4.81. The Morgan fingerprint density at radius 1 is 1.21 bits per heavy atom. The zero-order chi connectivity index (χ0) is 13.4. The third-order valence-corrected chi connectivity index (χ3v) is 3.83. The van der Waals surface area contributed by atoms with Gasteiger partial charge in [-0.3, -0.25) is 4.79 Å². The summed E-state index contributed by atoms with van der Waals surface area (Å²) in [7, 11) is 0. The van der Waals surface area contributed by atoms with Crippen molar-refractivity contribution in [2.24, 2.45) is 0 Å². The first-order valence-corrected chi connectivity index (χ1v) is 7.05. The molecule has 2 aromatic carbocycles. The van der Waals surface area contributed by atoms with Gasteiger partial charge in [0.15, 0.2) is 5.78 Å². The van der Waals surface area contributed by atoms with E-state index in [2.05, 4.69) is 15.9 Å². The molecule has 96 valence electrons. The Hall–Kier alpha value is -1.32. The van der Waals surface area contributed by atoms with Gasteiger partial charge in [-0.2, -0.15) is 0 Å². The Labute approximate surface area is 124 Å². The number of halogens is 2. The van der Waals surface area contributed by atoms with Gasteiger partial charge in [-0.25, -0.2) is 0 Å². The van der Waals surface area contributed by atoms with Crippen molar-refractivity contribution < 1.29 is 9.53 Å². The summed E-state index contributed by atoms with van der Waals surface area (Å²) in [5, 5.41) is 0.648. The van der Waals surface area contributed by atoms with Crippen LogP contribution in [0, 0.1) is 0 Å². The first kappa shape index (κ1) is 12.7. The molecule has 1 atom stereocenters. The van der Waals surface area contributed by atoms with Crippen LogP contribution in [0.5, 0.6) is 5.75 Å². The first-order valence-electron chi connectivity index (χ1n) is 5.88. The van der Waals surface area contributed by atoms with Crippen LogP contribution >= 0.6 is 27.5 Å². The lowest BCUT2D eigenvalue weighted by Crippen LogP contribution is -2.20. The smallest absolute Gasteiger partial charge is 0.170 e. The van der Waals surface area contributed by atoms with Crippen molar-refractivity contribution in [2.75, 3.05) is 0 Å². The average molecular weight is 338 g/mol. The maximum absolute atomic E-state index is 12.2. The van der Waals surface area contributed by atoms with Gasteiger partial charge in [0.25, 0.3) is 0 Å². The molecule has 1 aliphatic heterocycles. The highest BCUT2D eigenvalue weighted by atomic mass is 79.9. The van der Waals surface area contributed by atoms with Crippen molar-refractivity contribution in [1.82, 2.24) is 0 Å². The third-order valence-electron chi connectivity index (χ3n) is 3.10. The molecular weight excluding hydrogens is 328 g/mol. The van der Waals surface area contributed by atoms with Gasteiger partial charge >= 0.3 is 0 Å². The van der Waals surface area contributed by atoms with Gasteiger partial charge in [0.05, 0.1) is 12.0 Å². The van der Waals surface area contributed by atoms with E-state index < -0.39 is 0 Å². The summed E-state index contributed by atoms with van der Waals surface area (Å²) in [6, 6.07) is 12.9. The number of benzene rings is 2. The monoisotopic (exact) mass is 336 g/mol. The van der Waals surface area contributed by atoms with Crippen LogP contribution in [0.15, 0.2) is 46.9 Å². The quantitative estimate of drug-likeness (QED) is 0.746. The normalized spacial score (nSPS) is 17.8. The molecule has 0 spiro atoms. The van der Waals surface area contributed by atoms with Crippen molar-refractivity contribution >= 4 is 33.3 Å². The maximum atomic E-state index is 12.2. The lowest BCUT2D eigenvalue weighted by atomic mass is 9.96. The standard InChI is InChI=1S/C15H10BrClO2/c16-10-4-5-14-12(7-10)13(18)8-15(19-14)9-2-1-3-11(17)6-9/h1-7,15H,8H2. The van der Waals surface area contributed by atoms with Crippen LogP contribution in [-0.2, 0) is 0 Å². The van der Waals surface area contributed by atoms with E-state index in [9.17, 15) is 4.79 Å². The minimum absolute atomic E-state index is 0.0903. The molecule has 4 heteroatoms. The number of hydrogen-bond donors (Lipinski definition) is 0. The van der Waals surface area contributed by atoms with E-state index in [1.54, 1.807) is 12.1 Å². The Balaban J connectivity index is 1.97. The molecule has 0 N–H and O–H groups in total. The summed E-state index contributed by atoms with van der Waals surface area (Å²) in [6.45, 7) is 0. The molecule has 2 nitrogen and oxygen atoms in total. The van der Waals surface area contributed by atoms with Crippen LogP contribution in [0.3, 0.4) is 0 Å². The number of fused-ring (bicyclic) bond motifs is 1. The van der Waals surface area contributed by atoms with Crippen LogP contribution < -0.4 is 4.74 Å². The van der Waals surface area contributed by atoms with Crippen molar-refractivity contribution in [3.05, 3.63) is 63.1 Å². The van der Waals surface area contributed by atoms with Crippen LogP contribution in [-0.4, -0.2) is 5.78 Å². The molecule has 1 heterocycles. The highest BCUT2D eigenvalue weighted by Crippen LogP contribution is 2.36. The SMILES string of the molecule is O=C1CC(c2cccc(Cl)c2)Oc2ccc(Br)cc21. The number of Topliss-reactive ketones (excluding diaryl/α,β-unsaturated/α-hetero) is 1. The van der Waals surface area contributed by atoms with Crippen molar-refractivity contribution in [1.29, 1.82) is 0 Å². The molecule has 0 saturated carbocycles. The van der Waals surface area contributed by atoms with E-state index in [0.29, 0.717) is 22.8 Å². The van der Waals surface area contributed by atoms with E-state index >= 15 is 0 Å². The van der Waals surface area contributed by atoms with E-state index in [-0.39, 0.29) is 11.9 Å². The number of rotatable bonds is 1. The Bertz CT molecular complexity index is 654. The Kier molecular flexibility index (Phi) is 3.33. The highest BCUT2D eigenvalue weighted by Gasteiger charge is 2.27. The topological polar surface area (TPSA) is 26.3 Å². The fourth-order valence-electron chi connectivity index (χ4n) is 2.19. The summed E-state index contributed by atoms with van der Waals surface area (Å²) in [6.07, 6.45) is 0.0731. The maximum Gasteiger partial charge on any atom is 0.170 e. The van der Waals surface area contributed by atoms with Gasteiger partial charge in [0.2, 0.25) is 0 Å². The molecule has 2 aromatic rings. The second kappa shape index (κ2) is 4.99. The molecule has 0 bridgehead atoms. The van der Waals surface area contributed by atoms with Crippen molar-refractivity contribution in [3.8, 4) is 5.75 Å². The number of carbonyl (C=O) groups excluding carboxylic acids is 1. The third kappa shape index (κ3) is 2.53. The fourth-order valence-corrected chi connectivity index (χ4v) is 2.75. The molecule has 0 saturated heterocycles.